The van der Waals surface area contributed by atoms with Crippen LogP contribution in [0.4, 0.5) is 0 Å². The maximum absolute atomic E-state index is 11.8. The van der Waals surface area contributed by atoms with Crippen molar-refractivity contribution in [3.63, 3.8) is 0 Å². The molecule has 2 bridgehead atoms. The number of esters is 1. The Morgan fingerprint density at radius 3 is 2.53 bits per heavy atom. The summed E-state index contributed by atoms with van der Waals surface area (Å²) in [7, 11) is 1.61. The molecule has 19 heavy (non-hydrogen) atoms. The van der Waals surface area contributed by atoms with Gasteiger partial charge < -0.3 is 14.2 Å². The molecule has 0 aromatic carbocycles. The van der Waals surface area contributed by atoms with Crippen LogP contribution in [0.3, 0.4) is 0 Å². The van der Waals surface area contributed by atoms with Crippen LogP contribution in [0.5, 0.6) is 0 Å². The van der Waals surface area contributed by atoms with E-state index in [1.807, 2.05) is 0 Å². The quantitative estimate of drug-likeness (QED) is 0.549. The van der Waals surface area contributed by atoms with E-state index >= 15 is 0 Å². The highest BCUT2D eigenvalue weighted by Crippen LogP contribution is 2.66. The van der Waals surface area contributed by atoms with Crippen LogP contribution in [0.2, 0.25) is 0 Å². The van der Waals surface area contributed by atoms with Gasteiger partial charge in [-0.2, -0.15) is 0 Å². The number of hydrogen-bond donors (Lipinski definition) is 0. The van der Waals surface area contributed by atoms with Crippen molar-refractivity contribution < 1.29 is 19.0 Å². The molecule has 3 unspecified atom stereocenters. The van der Waals surface area contributed by atoms with Crippen molar-refractivity contribution in [2.45, 2.75) is 46.1 Å². The third-order valence-corrected chi connectivity index (χ3v) is 5.64. The molecule has 0 saturated heterocycles. The van der Waals surface area contributed by atoms with Gasteiger partial charge in [0.05, 0.1) is 13.2 Å². The summed E-state index contributed by atoms with van der Waals surface area (Å²) in [6.07, 6.45) is 3.49. The first-order chi connectivity index (χ1) is 8.91. The third-order valence-electron chi connectivity index (χ3n) is 5.64. The minimum absolute atomic E-state index is 0.0288. The number of carbonyl (C=O) groups excluding carboxylic acids is 1. The van der Waals surface area contributed by atoms with Gasteiger partial charge in [-0.25, -0.2) is 4.79 Å². The topological polar surface area (TPSA) is 44.8 Å². The van der Waals surface area contributed by atoms with Crippen LogP contribution >= 0.6 is 0 Å². The van der Waals surface area contributed by atoms with Crippen LogP contribution in [-0.2, 0) is 19.0 Å². The van der Waals surface area contributed by atoms with Gasteiger partial charge >= 0.3 is 5.97 Å². The van der Waals surface area contributed by atoms with Crippen LogP contribution in [0.15, 0.2) is 0 Å². The Morgan fingerprint density at radius 1 is 1.26 bits per heavy atom. The summed E-state index contributed by atoms with van der Waals surface area (Å²) in [5, 5.41) is 0. The summed E-state index contributed by atoms with van der Waals surface area (Å²) in [4.78, 5) is 11.8. The van der Waals surface area contributed by atoms with Crippen LogP contribution in [-0.4, -0.2) is 39.0 Å². The first-order valence-electron chi connectivity index (χ1n) is 7.18. The average Bonchev–Trinajstić information content (AvgIpc) is 2.68. The van der Waals surface area contributed by atoms with Gasteiger partial charge in [-0.3, -0.25) is 0 Å². The van der Waals surface area contributed by atoms with E-state index < -0.39 is 0 Å². The number of hydrogen-bond acceptors (Lipinski definition) is 4. The van der Waals surface area contributed by atoms with Crippen molar-refractivity contribution in [2.75, 3.05) is 26.9 Å². The van der Waals surface area contributed by atoms with Gasteiger partial charge in [0.15, 0.2) is 0 Å². The molecule has 2 aliphatic rings. The van der Waals surface area contributed by atoms with E-state index in [9.17, 15) is 4.79 Å². The highest BCUT2D eigenvalue weighted by atomic mass is 16.6. The van der Waals surface area contributed by atoms with Crippen LogP contribution < -0.4 is 0 Å². The molecule has 0 aromatic rings. The molecule has 3 atom stereocenters. The van der Waals surface area contributed by atoms with Gasteiger partial charge in [-0.1, -0.05) is 20.8 Å². The van der Waals surface area contributed by atoms with E-state index in [0.717, 1.165) is 12.8 Å². The molecule has 0 radical (unpaired) electrons. The van der Waals surface area contributed by atoms with Crippen molar-refractivity contribution in [3.8, 4) is 0 Å². The van der Waals surface area contributed by atoms with E-state index in [-0.39, 0.29) is 29.5 Å². The molecule has 0 heterocycles. The molecule has 2 saturated carbocycles. The molecular weight excluding hydrogens is 244 g/mol. The van der Waals surface area contributed by atoms with Gasteiger partial charge in [0, 0.05) is 12.5 Å². The Labute approximate surface area is 115 Å². The van der Waals surface area contributed by atoms with Gasteiger partial charge in [0.1, 0.15) is 12.7 Å². The fourth-order valence-electron chi connectivity index (χ4n) is 3.80. The summed E-state index contributed by atoms with van der Waals surface area (Å²) in [6, 6.07) is 0. The Hall–Kier alpha value is -0.610. The molecule has 0 aliphatic heterocycles. The van der Waals surface area contributed by atoms with Gasteiger partial charge in [-0.05, 0) is 30.6 Å². The van der Waals surface area contributed by atoms with Crippen LogP contribution in [0.1, 0.15) is 40.0 Å². The first kappa shape index (κ1) is 14.8. The zero-order chi connectivity index (χ0) is 14.1. The second-order valence-electron chi connectivity index (χ2n) is 6.63. The first-order valence-corrected chi connectivity index (χ1v) is 7.18. The molecule has 0 spiro atoms. The maximum atomic E-state index is 11.8. The minimum atomic E-state index is -0.245. The van der Waals surface area contributed by atoms with E-state index in [0.29, 0.717) is 19.1 Å². The Balaban J connectivity index is 1.83. The predicted molar refractivity (Wildman–Crippen MR) is 71.8 cm³/mol. The van der Waals surface area contributed by atoms with Crippen LogP contribution in [0, 0.1) is 16.7 Å². The van der Waals surface area contributed by atoms with Crippen molar-refractivity contribution in [1.82, 2.24) is 0 Å². The largest absolute Gasteiger partial charge is 0.460 e. The maximum Gasteiger partial charge on any atom is 0.332 e. The number of methoxy groups -OCH3 is 1. The number of rotatable bonds is 6. The van der Waals surface area contributed by atoms with Crippen molar-refractivity contribution in [1.29, 1.82) is 0 Å². The van der Waals surface area contributed by atoms with Gasteiger partial charge in [0.2, 0.25) is 0 Å². The molecule has 2 rings (SSSR count). The van der Waals surface area contributed by atoms with Crippen molar-refractivity contribution >= 4 is 5.97 Å². The fourth-order valence-corrected chi connectivity index (χ4v) is 3.80. The second-order valence-corrected chi connectivity index (χ2v) is 6.63. The summed E-state index contributed by atoms with van der Waals surface area (Å²) in [6.45, 7) is 7.86. The standard InChI is InChI=1S/C15H26O4/c1-14(2)11-5-6-15(14,3)12(9-11)19-13(16)10-18-8-7-17-4/h11-12H,5-10H2,1-4H3. The normalized spacial score (nSPS) is 35.6. The number of carbonyl (C=O) groups is 1. The van der Waals surface area contributed by atoms with E-state index in [1.165, 1.54) is 6.42 Å². The lowest BCUT2D eigenvalue weighted by Crippen LogP contribution is -2.39. The lowest BCUT2D eigenvalue weighted by Gasteiger charge is -2.38. The molecular formula is C15H26O4. The molecule has 4 nitrogen and oxygen atoms in total. The zero-order valence-electron chi connectivity index (χ0n) is 12.5. The van der Waals surface area contributed by atoms with E-state index in [4.69, 9.17) is 14.2 Å². The average molecular weight is 270 g/mol. The van der Waals surface area contributed by atoms with E-state index in [2.05, 4.69) is 20.8 Å². The highest BCUT2D eigenvalue weighted by molar-refractivity contribution is 5.71. The summed E-state index contributed by atoms with van der Waals surface area (Å²) in [5.41, 5.74) is 0.398. The SMILES string of the molecule is COCCOCC(=O)OC1CC2CCC1(C)C2(C)C. The monoisotopic (exact) mass is 270 g/mol. The van der Waals surface area contributed by atoms with E-state index in [1.54, 1.807) is 7.11 Å². The lowest BCUT2D eigenvalue weighted by atomic mass is 9.70. The molecule has 0 N–H and O–H groups in total. The summed E-state index contributed by atoms with van der Waals surface area (Å²) >= 11 is 0. The van der Waals surface area contributed by atoms with Gasteiger partial charge in [-0.15, -0.1) is 0 Å². The molecule has 2 aliphatic carbocycles. The summed E-state index contributed by atoms with van der Waals surface area (Å²) in [5.74, 6) is 0.440. The van der Waals surface area contributed by atoms with Crippen LogP contribution in [0.25, 0.3) is 0 Å². The molecule has 4 heteroatoms. The number of fused-ring (bicyclic) bond motifs is 2. The second kappa shape index (κ2) is 5.41. The highest BCUT2D eigenvalue weighted by Gasteiger charge is 2.62. The molecule has 2 fully saturated rings. The molecule has 110 valence electrons. The van der Waals surface area contributed by atoms with Gasteiger partial charge in [0.25, 0.3) is 0 Å². The summed E-state index contributed by atoms with van der Waals surface area (Å²) < 4.78 is 15.7. The Kier molecular flexibility index (Phi) is 4.21. The van der Waals surface area contributed by atoms with Crippen molar-refractivity contribution in [2.24, 2.45) is 16.7 Å². The lowest BCUT2D eigenvalue weighted by molar-refractivity contribution is -0.162. The Bertz CT molecular complexity index is 339. The van der Waals surface area contributed by atoms with Crippen molar-refractivity contribution in [3.05, 3.63) is 0 Å². The molecule has 0 amide bonds. The minimum Gasteiger partial charge on any atom is -0.460 e. The third kappa shape index (κ3) is 2.52. The zero-order valence-corrected chi connectivity index (χ0v) is 12.5. The Morgan fingerprint density at radius 2 is 2.00 bits per heavy atom. The molecule has 0 aromatic heterocycles. The number of ether oxygens (including phenoxy) is 3. The predicted octanol–water partition coefficient (Wildman–Crippen LogP) is 2.41. The smallest absolute Gasteiger partial charge is 0.332 e. The fraction of sp³-hybridized carbons (Fsp3) is 0.933.